The molecule has 0 saturated heterocycles. The number of ketones is 1. The third-order valence-electron chi connectivity index (χ3n) is 4.33. The molecule has 27 heavy (non-hydrogen) atoms. The summed E-state index contributed by atoms with van der Waals surface area (Å²) >= 11 is 0. The van der Waals surface area contributed by atoms with Crippen molar-refractivity contribution in [2.24, 2.45) is 0 Å². The monoisotopic (exact) mass is 366 g/mol. The van der Waals surface area contributed by atoms with Crippen LogP contribution in [0.1, 0.15) is 30.9 Å². The van der Waals surface area contributed by atoms with Gasteiger partial charge < -0.3 is 19.0 Å². The molecule has 2 aromatic rings. The van der Waals surface area contributed by atoms with Gasteiger partial charge in [-0.05, 0) is 43.2 Å². The Hall–Kier alpha value is -2.61. The molecule has 0 bridgehead atoms. The average molecular weight is 366 g/mol. The summed E-state index contributed by atoms with van der Waals surface area (Å²) in [6, 6.07) is 17.5. The Bertz CT molecular complexity index is 789. The van der Waals surface area contributed by atoms with Gasteiger partial charge in [-0.3, -0.25) is 0 Å². The fourth-order valence-electron chi connectivity index (χ4n) is 2.84. The van der Waals surface area contributed by atoms with Gasteiger partial charge in [0.15, 0.2) is 0 Å². The van der Waals surface area contributed by atoms with Crippen LogP contribution in [0, 0.1) is 11.8 Å². The molecular formula is C23H26O4. The van der Waals surface area contributed by atoms with Gasteiger partial charge in [0.2, 0.25) is 0 Å². The summed E-state index contributed by atoms with van der Waals surface area (Å²) in [5.74, 6) is 6.91. The standard InChI is InChI=1S/C23H26O4/c1-19(24)14-15-23(26-3,18-25-2)21-12-7-13-22(17-21)27-16-8-11-20-9-5-4-6-10-20/h4-7,9-10,12-13,17H,14-16,18H2,1-3H3. The van der Waals surface area contributed by atoms with E-state index in [4.69, 9.17) is 14.2 Å². The third kappa shape index (κ3) is 6.25. The maximum absolute atomic E-state index is 11.5. The summed E-state index contributed by atoms with van der Waals surface area (Å²) in [6.07, 6.45) is 0.967. The lowest BCUT2D eigenvalue weighted by molar-refractivity contribution is -0.120. The lowest BCUT2D eigenvalue weighted by Gasteiger charge is -2.32. The van der Waals surface area contributed by atoms with E-state index < -0.39 is 5.60 Å². The van der Waals surface area contributed by atoms with Gasteiger partial charge >= 0.3 is 0 Å². The molecule has 0 radical (unpaired) electrons. The van der Waals surface area contributed by atoms with Crippen molar-refractivity contribution in [1.82, 2.24) is 0 Å². The first-order chi connectivity index (χ1) is 13.1. The van der Waals surface area contributed by atoms with E-state index in [1.165, 1.54) is 0 Å². The number of carbonyl (C=O) groups is 1. The summed E-state index contributed by atoms with van der Waals surface area (Å²) in [4.78, 5) is 11.5. The molecule has 0 fully saturated rings. The molecule has 0 N–H and O–H groups in total. The number of carbonyl (C=O) groups excluding carboxylic acids is 1. The number of Topliss-reactive ketones (excluding diaryl/α,β-unsaturated/α-hetero) is 1. The Balaban J connectivity index is 2.11. The zero-order chi connectivity index (χ0) is 19.5. The van der Waals surface area contributed by atoms with Crippen LogP contribution in [-0.2, 0) is 19.9 Å². The first-order valence-corrected chi connectivity index (χ1v) is 8.90. The van der Waals surface area contributed by atoms with Crippen LogP contribution in [0.3, 0.4) is 0 Å². The molecule has 1 atom stereocenters. The fourth-order valence-corrected chi connectivity index (χ4v) is 2.84. The van der Waals surface area contributed by atoms with Gasteiger partial charge in [0, 0.05) is 26.2 Å². The minimum Gasteiger partial charge on any atom is -0.481 e. The first-order valence-electron chi connectivity index (χ1n) is 8.90. The van der Waals surface area contributed by atoms with E-state index in [-0.39, 0.29) is 12.4 Å². The molecule has 0 aromatic heterocycles. The van der Waals surface area contributed by atoms with Crippen molar-refractivity contribution >= 4 is 5.78 Å². The Morgan fingerprint density at radius 2 is 1.85 bits per heavy atom. The molecular weight excluding hydrogens is 340 g/mol. The highest BCUT2D eigenvalue weighted by molar-refractivity contribution is 5.75. The molecule has 0 amide bonds. The van der Waals surface area contributed by atoms with Crippen molar-refractivity contribution < 1.29 is 19.0 Å². The van der Waals surface area contributed by atoms with Gasteiger partial charge in [-0.15, -0.1) is 0 Å². The van der Waals surface area contributed by atoms with Crippen molar-refractivity contribution in [1.29, 1.82) is 0 Å². The number of benzene rings is 2. The molecule has 4 heteroatoms. The minimum absolute atomic E-state index is 0.121. The summed E-state index contributed by atoms with van der Waals surface area (Å²) in [5, 5.41) is 0. The van der Waals surface area contributed by atoms with Crippen LogP contribution < -0.4 is 4.74 Å². The highest BCUT2D eigenvalue weighted by Crippen LogP contribution is 2.33. The zero-order valence-electron chi connectivity index (χ0n) is 16.2. The van der Waals surface area contributed by atoms with Crippen molar-refractivity contribution in [3.05, 3.63) is 65.7 Å². The molecule has 0 aliphatic rings. The number of hydrogen-bond acceptors (Lipinski definition) is 4. The lowest BCUT2D eigenvalue weighted by atomic mass is 9.88. The normalized spacial score (nSPS) is 12.6. The summed E-state index contributed by atoms with van der Waals surface area (Å²) < 4.78 is 16.9. The predicted molar refractivity (Wildman–Crippen MR) is 106 cm³/mol. The fraction of sp³-hybridized carbons (Fsp3) is 0.348. The second-order valence-corrected chi connectivity index (χ2v) is 6.32. The maximum Gasteiger partial charge on any atom is 0.149 e. The van der Waals surface area contributed by atoms with E-state index in [1.54, 1.807) is 21.1 Å². The van der Waals surface area contributed by atoms with Gasteiger partial charge in [-0.25, -0.2) is 0 Å². The van der Waals surface area contributed by atoms with Crippen LogP contribution in [0.25, 0.3) is 0 Å². The highest BCUT2D eigenvalue weighted by atomic mass is 16.5. The van der Waals surface area contributed by atoms with E-state index in [2.05, 4.69) is 11.8 Å². The number of hydrogen-bond donors (Lipinski definition) is 0. The van der Waals surface area contributed by atoms with Crippen LogP contribution in [0.2, 0.25) is 0 Å². The van der Waals surface area contributed by atoms with Gasteiger partial charge in [0.25, 0.3) is 0 Å². The highest BCUT2D eigenvalue weighted by Gasteiger charge is 2.32. The van der Waals surface area contributed by atoms with Crippen molar-refractivity contribution in [3.8, 4) is 17.6 Å². The lowest BCUT2D eigenvalue weighted by Crippen LogP contribution is -2.34. The molecule has 0 saturated carbocycles. The predicted octanol–water partition coefficient (Wildman–Crippen LogP) is 3.97. The van der Waals surface area contributed by atoms with E-state index in [9.17, 15) is 4.79 Å². The quantitative estimate of drug-likeness (QED) is 0.630. The van der Waals surface area contributed by atoms with Crippen LogP contribution in [-0.4, -0.2) is 33.2 Å². The SMILES string of the molecule is COCC(CCC(C)=O)(OC)c1cccc(OCC#Cc2ccccc2)c1. The molecule has 0 spiro atoms. The van der Waals surface area contributed by atoms with Crippen LogP contribution in [0.5, 0.6) is 5.75 Å². The molecule has 1 unspecified atom stereocenters. The molecule has 0 aliphatic heterocycles. The second kappa shape index (κ2) is 10.5. The van der Waals surface area contributed by atoms with E-state index >= 15 is 0 Å². The molecule has 2 rings (SSSR count). The van der Waals surface area contributed by atoms with Gasteiger partial charge in [-0.2, -0.15) is 0 Å². The van der Waals surface area contributed by atoms with Crippen LogP contribution in [0.4, 0.5) is 0 Å². The van der Waals surface area contributed by atoms with Gasteiger partial charge in [-0.1, -0.05) is 42.2 Å². The van der Waals surface area contributed by atoms with E-state index in [0.29, 0.717) is 25.2 Å². The molecule has 2 aromatic carbocycles. The maximum atomic E-state index is 11.5. The second-order valence-electron chi connectivity index (χ2n) is 6.32. The van der Waals surface area contributed by atoms with Crippen LogP contribution in [0.15, 0.2) is 54.6 Å². The Morgan fingerprint density at radius 1 is 1.07 bits per heavy atom. The number of ether oxygens (including phenoxy) is 3. The minimum atomic E-state index is -0.685. The third-order valence-corrected chi connectivity index (χ3v) is 4.33. The summed E-state index contributed by atoms with van der Waals surface area (Å²) in [6.45, 7) is 2.22. The molecule has 4 nitrogen and oxygen atoms in total. The first kappa shape index (κ1) is 20.7. The van der Waals surface area contributed by atoms with Crippen molar-refractivity contribution in [2.45, 2.75) is 25.4 Å². The molecule has 142 valence electrons. The smallest absolute Gasteiger partial charge is 0.149 e. The number of rotatable bonds is 9. The van der Waals surface area contributed by atoms with E-state index in [0.717, 1.165) is 11.1 Å². The Kier molecular flexibility index (Phi) is 8.06. The summed E-state index contributed by atoms with van der Waals surface area (Å²) in [5.41, 5.74) is 1.19. The Morgan fingerprint density at radius 3 is 2.52 bits per heavy atom. The van der Waals surface area contributed by atoms with Gasteiger partial charge in [0.05, 0.1) is 6.61 Å². The topological polar surface area (TPSA) is 44.8 Å². The Labute approximate surface area is 161 Å². The van der Waals surface area contributed by atoms with Gasteiger partial charge in [0.1, 0.15) is 23.7 Å². The average Bonchev–Trinajstić information content (AvgIpc) is 2.69. The van der Waals surface area contributed by atoms with Crippen molar-refractivity contribution in [3.63, 3.8) is 0 Å². The molecule has 0 aliphatic carbocycles. The summed E-state index contributed by atoms with van der Waals surface area (Å²) in [7, 11) is 3.26. The zero-order valence-corrected chi connectivity index (χ0v) is 16.2. The van der Waals surface area contributed by atoms with Crippen molar-refractivity contribution in [2.75, 3.05) is 27.4 Å². The van der Waals surface area contributed by atoms with Crippen LogP contribution >= 0.6 is 0 Å². The number of methoxy groups -OCH3 is 2. The molecule has 0 heterocycles. The largest absolute Gasteiger partial charge is 0.481 e. The van der Waals surface area contributed by atoms with E-state index in [1.807, 2.05) is 54.6 Å².